The molecule has 0 fully saturated rings. The highest BCUT2D eigenvalue weighted by Crippen LogP contribution is 2.14. The zero-order valence-electron chi connectivity index (χ0n) is 16.4. The maximum absolute atomic E-state index is 12.5. The number of hydrogen-bond acceptors (Lipinski definition) is 5. The summed E-state index contributed by atoms with van der Waals surface area (Å²) in [5.41, 5.74) is 0. The average molecular weight is 372 g/mol. The van der Waals surface area contributed by atoms with Crippen LogP contribution in [0, 0.1) is 23.7 Å². The molecule has 0 aromatic rings. The van der Waals surface area contributed by atoms with Crippen molar-refractivity contribution < 1.29 is 29.4 Å². The van der Waals surface area contributed by atoms with E-state index in [0.29, 0.717) is 12.7 Å². The number of aliphatic hydroxyl groups excluding tert-OH is 1. The second-order valence-electron chi connectivity index (χ2n) is 7.34. The Kier molecular flexibility index (Phi) is 10.1. The molecular formula is C18H32N2O6. The van der Waals surface area contributed by atoms with Crippen molar-refractivity contribution in [2.45, 2.75) is 66.2 Å². The van der Waals surface area contributed by atoms with Crippen LogP contribution in [0.1, 0.15) is 48.0 Å². The molecule has 0 rings (SSSR count). The predicted octanol–water partition coefficient (Wildman–Crippen LogP) is 0.575. The highest BCUT2D eigenvalue weighted by Gasteiger charge is 2.34. The standard InChI is InChI=1S/C18H32N2O6/c1-7-11(6)14(18(25)26)20-16(23)13(10(4)5)19-17(24)15(22)12(8-21)9(2)3/h8-15,22H,7H2,1-6H3,(H,19,24)(H,20,23)(H,25,26)/t11-,12-,13-,14-,15+/m0/s1. The molecule has 0 saturated heterocycles. The van der Waals surface area contributed by atoms with Crippen LogP contribution >= 0.6 is 0 Å². The molecule has 0 aliphatic heterocycles. The highest BCUT2D eigenvalue weighted by molar-refractivity contribution is 5.92. The predicted molar refractivity (Wildman–Crippen MR) is 96.2 cm³/mol. The molecule has 0 bridgehead atoms. The first-order chi connectivity index (χ1) is 12.0. The summed E-state index contributed by atoms with van der Waals surface area (Å²) in [6.07, 6.45) is -0.501. The summed E-state index contributed by atoms with van der Waals surface area (Å²) in [4.78, 5) is 47.2. The lowest BCUT2D eigenvalue weighted by Gasteiger charge is -2.28. The summed E-state index contributed by atoms with van der Waals surface area (Å²) in [6.45, 7) is 10.3. The summed E-state index contributed by atoms with van der Waals surface area (Å²) >= 11 is 0. The Morgan fingerprint density at radius 3 is 1.77 bits per heavy atom. The van der Waals surface area contributed by atoms with Crippen molar-refractivity contribution in [1.29, 1.82) is 0 Å². The van der Waals surface area contributed by atoms with Gasteiger partial charge in [0.05, 0.1) is 5.92 Å². The van der Waals surface area contributed by atoms with Gasteiger partial charge in [0.25, 0.3) is 0 Å². The summed E-state index contributed by atoms with van der Waals surface area (Å²) < 4.78 is 0. The van der Waals surface area contributed by atoms with Crippen LogP contribution in [-0.2, 0) is 19.2 Å². The van der Waals surface area contributed by atoms with Gasteiger partial charge < -0.3 is 25.6 Å². The second-order valence-corrected chi connectivity index (χ2v) is 7.34. The Morgan fingerprint density at radius 2 is 1.42 bits per heavy atom. The van der Waals surface area contributed by atoms with E-state index in [1.54, 1.807) is 34.6 Å². The quantitative estimate of drug-likeness (QED) is 0.392. The van der Waals surface area contributed by atoms with Crippen molar-refractivity contribution in [3.8, 4) is 0 Å². The number of amides is 2. The highest BCUT2D eigenvalue weighted by atomic mass is 16.4. The zero-order valence-corrected chi connectivity index (χ0v) is 16.4. The fraction of sp³-hybridized carbons (Fsp3) is 0.778. The summed E-state index contributed by atoms with van der Waals surface area (Å²) in [5, 5.41) is 24.3. The summed E-state index contributed by atoms with van der Waals surface area (Å²) in [6, 6.07) is -2.10. The number of hydrogen-bond donors (Lipinski definition) is 4. The molecule has 0 aliphatic carbocycles. The molecule has 0 aliphatic rings. The molecule has 150 valence electrons. The fourth-order valence-electron chi connectivity index (χ4n) is 2.47. The average Bonchev–Trinajstić information content (AvgIpc) is 2.55. The van der Waals surface area contributed by atoms with E-state index in [-0.39, 0.29) is 17.8 Å². The lowest BCUT2D eigenvalue weighted by Crippen LogP contribution is -2.57. The first-order valence-corrected chi connectivity index (χ1v) is 8.94. The van der Waals surface area contributed by atoms with Crippen molar-refractivity contribution in [1.82, 2.24) is 10.6 Å². The number of aldehydes is 1. The van der Waals surface area contributed by atoms with E-state index < -0.39 is 41.9 Å². The molecule has 8 nitrogen and oxygen atoms in total. The van der Waals surface area contributed by atoms with Gasteiger partial charge in [-0.25, -0.2) is 4.79 Å². The molecule has 4 N–H and O–H groups in total. The van der Waals surface area contributed by atoms with Gasteiger partial charge in [0.2, 0.25) is 11.8 Å². The number of rotatable bonds is 11. The minimum Gasteiger partial charge on any atom is -0.480 e. The van der Waals surface area contributed by atoms with Crippen LogP contribution in [-0.4, -0.2) is 52.5 Å². The van der Waals surface area contributed by atoms with Crippen molar-refractivity contribution >= 4 is 24.1 Å². The molecule has 5 atom stereocenters. The molecule has 2 amide bonds. The molecule has 0 unspecified atom stereocenters. The van der Waals surface area contributed by atoms with Gasteiger partial charge in [-0.1, -0.05) is 48.0 Å². The fourth-order valence-corrected chi connectivity index (χ4v) is 2.47. The minimum atomic E-state index is -1.58. The lowest BCUT2D eigenvalue weighted by atomic mass is 9.90. The molecule has 8 heteroatoms. The topological polar surface area (TPSA) is 133 Å². The molecule has 0 saturated carbocycles. The van der Waals surface area contributed by atoms with Crippen LogP contribution in [0.2, 0.25) is 0 Å². The van der Waals surface area contributed by atoms with Gasteiger partial charge in [0, 0.05) is 0 Å². The van der Waals surface area contributed by atoms with Gasteiger partial charge in [-0.15, -0.1) is 0 Å². The third-order valence-electron chi connectivity index (χ3n) is 4.58. The van der Waals surface area contributed by atoms with Gasteiger partial charge in [0.1, 0.15) is 24.5 Å². The summed E-state index contributed by atoms with van der Waals surface area (Å²) in [5.74, 6) is -4.39. The molecule has 0 aromatic carbocycles. The third-order valence-corrected chi connectivity index (χ3v) is 4.58. The monoisotopic (exact) mass is 372 g/mol. The van der Waals surface area contributed by atoms with Crippen LogP contribution in [0.4, 0.5) is 0 Å². The Morgan fingerprint density at radius 1 is 0.923 bits per heavy atom. The second kappa shape index (κ2) is 10.9. The van der Waals surface area contributed by atoms with Gasteiger partial charge in [0.15, 0.2) is 0 Å². The smallest absolute Gasteiger partial charge is 0.326 e. The van der Waals surface area contributed by atoms with Crippen molar-refractivity contribution in [3.63, 3.8) is 0 Å². The number of carbonyl (C=O) groups excluding carboxylic acids is 3. The van der Waals surface area contributed by atoms with Crippen LogP contribution < -0.4 is 10.6 Å². The minimum absolute atomic E-state index is 0.249. The molecule has 0 radical (unpaired) electrons. The van der Waals surface area contributed by atoms with E-state index in [1.807, 2.05) is 6.92 Å². The van der Waals surface area contributed by atoms with Crippen molar-refractivity contribution in [2.75, 3.05) is 0 Å². The molecule has 26 heavy (non-hydrogen) atoms. The largest absolute Gasteiger partial charge is 0.480 e. The Hall–Kier alpha value is -1.96. The van der Waals surface area contributed by atoms with E-state index in [9.17, 15) is 29.4 Å². The van der Waals surface area contributed by atoms with Crippen LogP contribution in [0.15, 0.2) is 0 Å². The normalized spacial score (nSPS) is 17.1. The first-order valence-electron chi connectivity index (χ1n) is 8.94. The number of carbonyl (C=O) groups is 4. The third kappa shape index (κ3) is 6.74. The molecule has 0 spiro atoms. The SMILES string of the molecule is CC[C@H](C)[C@H](NC(=O)[C@@H](NC(=O)[C@H](O)[C@@H](C=O)C(C)C)C(C)C)C(=O)O. The van der Waals surface area contributed by atoms with E-state index in [1.165, 1.54) is 0 Å². The van der Waals surface area contributed by atoms with Gasteiger partial charge in [-0.3, -0.25) is 9.59 Å². The van der Waals surface area contributed by atoms with E-state index in [4.69, 9.17) is 0 Å². The van der Waals surface area contributed by atoms with E-state index in [2.05, 4.69) is 10.6 Å². The lowest BCUT2D eigenvalue weighted by molar-refractivity contribution is -0.144. The number of aliphatic carboxylic acids is 1. The number of nitrogens with one attached hydrogen (secondary N) is 2. The maximum Gasteiger partial charge on any atom is 0.326 e. The van der Waals surface area contributed by atoms with Crippen LogP contribution in [0.3, 0.4) is 0 Å². The van der Waals surface area contributed by atoms with Crippen molar-refractivity contribution in [2.24, 2.45) is 23.7 Å². The van der Waals surface area contributed by atoms with Gasteiger partial charge in [-0.05, 0) is 17.8 Å². The number of aliphatic hydroxyl groups is 1. The van der Waals surface area contributed by atoms with Crippen LogP contribution in [0.25, 0.3) is 0 Å². The van der Waals surface area contributed by atoms with E-state index in [0.717, 1.165) is 0 Å². The molecular weight excluding hydrogens is 340 g/mol. The molecule has 0 heterocycles. The van der Waals surface area contributed by atoms with Gasteiger partial charge in [-0.2, -0.15) is 0 Å². The van der Waals surface area contributed by atoms with E-state index >= 15 is 0 Å². The number of carboxylic acids is 1. The Labute approximate surface area is 154 Å². The van der Waals surface area contributed by atoms with Crippen LogP contribution in [0.5, 0.6) is 0 Å². The Balaban J connectivity index is 5.23. The first kappa shape index (κ1) is 24.0. The zero-order chi connectivity index (χ0) is 20.6. The van der Waals surface area contributed by atoms with Gasteiger partial charge >= 0.3 is 5.97 Å². The number of carboxylic acid groups (broad SMARTS) is 1. The summed E-state index contributed by atoms with van der Waals surface area (Å²) in [7, 11) is 0. The maximum atomic E-state index is 12.5. The molecule has 0 aromatic heterocycles. The Bertz CT molecular complexity index is 506. The van der Waals surface area contributed by atoms with Crippen molar-refractivity contribution in [3.05, 3.63) is 0 Å².